The zero-order valence-corrected chi connectivity index (χ0v) is 31.7. The Hall–Kier alpha value is -3.94. The number of nitrogens with zero attached hydrogens (tertiary/aromatic N) is 3. The fourth-order valence-electron chi connectivity index (χ4n) is 7.22. The summed E-state index contributed by atoms with van der Waals surface area (Å²) in [5.74, 6) is 0.547. The number of aromatic nitrogens is 3. The molecule has 5 nitrogen and oxygen atoms in total. The van der Waals surface area contributed by atoms with E-state index in [0.717, 1.165) is 80.5 Å². The van der Waals surface area contributed by atoms with Gasteiger partial charge in [0.25, 0.3) is 0 Å². The Labute approximate surface area is 303 Å². The summed E-state index contributed by atoms with van der Waals surface area (Å²) in [6.07, 6.45) is 2.35. The molecular weight excluding hydrogens is 816 g/mol. The van der Waals surface area contributed by atoms with Crippen LogP contribution in [0.1, 0.15) is 72.8 Å². The van der Waals surface area contributed by atoms with Gasteiger partial charge in [-0.3, -0.25) is 4.79 Å². The minimum Gasteiger partial charge on any atom is -0.512 e. The van der Waals surface area contributed by atoms with Crippen molar-refractivity contribution in [2.45, 2.75) is 79.8 Å². The number of aliphatic hydroxyl groups is 1. The minimum absolute atomic E-state index is 0. The third-order valence-corrected chi connectivity index (χ3v) is 10.3. The van der Waals surface area contributed by atoms with Crippen LogP contribution in [0.25, 0.3) is 54.8 Å². The van der Waals surface area contributed by atoms with Crippen molar-refractivity contribution in [2.75, 3.05) is 0 Å². The molecule has 0 bridgehead atoms. The summed E-state index contributed by atoms with van der Waals surface area (Å²) >= 11 is 0. The molecule has 0 spiro atoms. The van der Waals surface area contributed by atoms with Gasteiger partial charge in [-0.1, -0.05) is 71.3 Å². The topological polar surface area (TPSA) is 59.0 Å². The zero-order valence-electron chi connectivity index (χ0n) is 29.3. The standard InChI is InChI=1S/C28H19F3N3.C13H24O2.Ir/c1-27(2,28(29,30)31)15-16-10-11-18-20-12-13-32-26-25(20)33(23(18)14-16)22-9-5-7-19-17-6-3-4-8-21(17)34(26)24(19)22;1-5-10(6-2)12(14)9-13(15)11(7-3)8-4;/h3-7,9-14H,15H2,1-2H3;9-11,14H,5-8H2,1-4H3;/q-1;;/b;12-9-;. The van der Waals surface area contributed by atoms with E-state index in [-0.39, 0.29) is 49.9 Å². The number of benzene rings is 3. The average Bonchev–Trinajstić information content (AvgIpc) is 3.59. The molecule has 0 saturated heterocycles. The van der Waals surface area contributed by atoms with Crippen LogP contribution >= 0.6 is 0 Å². The number of aliphatic hydroxyl groups excluding tert-OH is 1. The van der Waals surface area contributed by atoms with Crippen LogP contribution in [-0.2, 0) is 31.3 Å². The molecule has 3 aromatic carbocycles. The second kappa shape index (κ2) is 14.4. The molecular formula is C41H43F3IrN3O2-. The first-order valence-electron chi connectivity index (χ1n) is 17.2. The number of carbonyl (C=O) groups excluding carboxylic acids is 1. The summed E-state index contributed by atoms with van der Waals surface area (Å²) in [4.78, 5) is 16.5. The Morgan fingerprint density at radius 1 is 0.840 bits per heavy atom. The summed E-state index contributed by atoms with van der Waals surface area (Å²) < 4.78 is 45.1. The number of halogens is 3. The molecule has 0 atom stereocenters. The third kappa shape index (κ3) is 6.28. The van der Waals surface area contributed by atoms with Crippen molar-refractivity contribution in [2.24, 2.45) is 17.3 Å². The van der Waals surface area contributed by atoms with Crippen molar-refractivity contribution in [3.63, 3.8) is 0 Å². The van der Waals surface area contributed by atoms with E-state index >= 15 is 0 Å². The van der Waals surface area contributed by atoms with Crippen LogP contribution in [0.3, 0.4) is 0 Å². The Morgan fingerprint density at radius 2 is 1.50 bits per heavy atom. The maximum Gasteiger partial charge on any atom is 0.394 e. The largest absolute Gasteiger partial charge is 0.512 e. The second-order valence-corrected chi connectivity index (χ2v) is 13.7. The van der Waals surface area contributed by atoms with Gasteiger partial charge in [-0.05, 0) is 61.3 Å². The van der Waals surface area contributed by atoms with Gasteiger partial charge in [-0.2, -0.15) is 37.4 Å². The first kappa shape index (κ1) is 37.3. The number of ketones is 1. The molecule has 0 unspecified atom stereocenters. The van der Waals surface area contributed by atoms with E-state index in [1.54, 1.807) is 6.20 Å². The van der Waals surface area contributed by atoms with Crippen molar-refractivity contribution in [3.05, 3.63) is 90.3 Å². The maximum absolute atomic E-state index is 13.6. The fraction of sp³-hybridized carbons (Fsp3) is 0.366. The van der Waals surface area contributed by atoms with Gasteiger partial charge >= 0.3 is 6.18 Å². The smallest absolute Gasteiger partial charge is 0.394 e. The first-order chi connectivity index (χ1) is 23.4. The van der Waals surface area contributed by atoms with Gasteiger partial charge in [0.2, 0.25) is 0 Å². The predicted molar refractivity (Wildman–Crippen MR) is 194 cm³/mol. The molecule has 0 fully saturated rings. The number of fused-ring (bicyclic) bond motifs is 8. The number of allylic oxidation sites excluding steroid dienone is 2. The Bertz CT molecular complexity index is 2330. The molecule has 50 heavy (non-hydrogen) atoms. The van der Waals surface area contributed by atoms with Crippen LogP contribution in [0.2, 0.25) is 0 Å². The minimum atomic E-state index is -4.28. The summed E-state index contributed by atoms with van der Waals surface area (Å²) in [6.45, 7) is 10.6. The Morgan fingerprint density at radius 3 is 2.16 bits per heavy atom. The summed E-state index contributed by atoms with van der Waals surface area (Å²) in [6, 6.07) is 23.2. The van der Waals surface area contributed by atoms with Crippen LogP contribution in [0.15, 0.2) is 78.7 Å². The number of pyridine rings is 1. The summed E-state index contributed by atoms with van der Waals surface area (Å²) in [7, 11) is 0. The van der Waals surface area contributed by atoms with Crippen molar-refractivity contribution in [3.8, 4) is 0 Å². The Balaban J connectivity index is 0.000000261. The first-order valence-corrected chi connectivity index (χ1v) is 17.2. The summed E-state index contributed by atoms with van der Waals surface area (Å²) in [5, 5.41) is 14.0. The third-order valence-electron chi connectivity index (χ3n) is 10.3. The van der Waals surface area contributed by atoms with Crippen molar-refractivity contribution in [1.29, 1.82) is 0 Å². The van der Waals surface area contributed by atoms with Gasteiger partial charge in [0.1, 0.15) is 0 Å². The number of alkyl halides is 3. The van der Waals surface area contributed by atoms with Crippen LogP contribution in [0.4, 0.5) is 13.2 Å². The van der Waals surface area contributed by atoms with Crippen LogP contribution in [-0.4, -0.2) is 30.9 Å². The van der Waals surface area contributed by atoms with Gasteiger partial charge in [0.15, 0.2) is 11.4 Å². The fourth-order valence-corrected chi connectivity index (χ4v) is 7.22. The molecule has 9 heteroatoms. The van der Waals surface area contributed by atoms with Crippen molar-refractivity contribution < 1.29 is 43.2 Å². The normalized spacial score (nSPS) is 13.0. The molecule has 7 aromatic rings. The molecule has 0 aliphatic heterocycles. The van der Waals surface area contributed by atoms with E-state index in [4.69, 9.17) is 4.98 Å². The molecule has 265 valence electrons. The quantitative estimate of drug-likeness (QED) is 0.0681. The maximum atomic E-state index is 13.6. The van der Waals surface area contributed by atoms with E-state index in [1.807, 2.05) is 70.2 Å². The molecule has 0 aliphatic rings. The summed E-state index contributed by atoms with van der Waals surface area (Å²) in [5.41, 5.74) is 4.51. The molecule has 4 heterocycles. The molecule has 1 N–H and O–H groups in total. The van der Waals surface area contributed by atoms with Gasteiger partial charge in [-0.25, -0.2) is 4.98 Å². The SMILES string of the molecule is CC(C)(Cc1ccc2c3ccnc4c3n(c2c1)c1cccc2c3ccc[c-]c3n4c21)C(F)(F)F.CCC(CC)C(=O)/C=C(\O)C(CC)CC.[Ir]. The molecule has 1 radical (unpaired) electrons. The number of hydrogen-bond donors (Lipinski definition) is 1. The second-order valence-electron chi connectivity index (χ2n) is 13.7. The predicted octanol–water partition coefficient (Wildman–Crippen LogP) is 11.4. The van der Waals surface area contributed by atoms with E-state index in [0.29, 0.717) is 5.56 Å². The number of para-hydroxylation sites is 2. The van der Waals surface area contributed by atoms with Crippen LogP contribution in [0.5, 0.6) is 0 Å². The number of rotatable bonds is 9. The zero-order chi connectivity index (χ0) is 35.2. The van der Waals surface area contributed by atoms with E-state index < -0.39 is 11.6 Å². The van der Waals surface area contributed by atoms with Crippen molar-refractivity contribution in [1.82, 2.24) is 13.8 Å². The average molecular weight is 859 g/mol. The molecule has 4 aromatic heterocycles. The van der Waals surface area contributed by atoms with Crippen molar-refractivity contribution >= 4 is 60.6 Å². The van der Waals surface area contributed by atoms with Gasteiger partial charge in [0.05, 0.1) is 33.2 Å². The van der Waals surface area contributed by atoms with Gasteiger partial charge in [-0.15, -0.1) is 5.39 Å². The monoisotopic (exact) mass is 859 g/mol. The van der Waals surface area contributed by atoms with Gasteiger partial charge in [0, 0.05) is 55.0 Å². The van der Waals surface area contributed by atoms with E-state index in [2.05, 4.69) is 33.1 Å². The molecule has 0 aliphatic carbocycles. The molecule has 0 saturated carbocycles. The molecule has 0 amide bonds. The van der Waals surface area contributed by atoms with Crippen LogP contribution < -0.4 is 0 Å². The van der Waals surface area contributed by atoms with E-state index in [9.17, 15) is 23.1 Å². The van der Waals surface area contributed by atoms with Gasteiger partial charge < -0.3 is 13.9 Å². The van der Waals surface area contributed by atoms with E-state index in [1.165, 1.54) is 19.9 Å². The van der Waals surface area contributed by atoms with Crippen LogP contribution in [0, 0.1) is 23.3 Å². The number of carbonyl (C=O) groups is 1. The number of hydrogen-bond acceptors (Lipinski definition) is 3. The molecule has 7 rings (SSSR count). The Kier molecular flexibility index (Phi) is 10.7.